The number of fused-ring (bicyclic) bond motifs is 1. The number of carbonyl (C=O) groups excluding carboxylic acids is 1. The van der Waals surface area contributed by atoms with Crippen LogP contribution in [0.2, 0.25) is 0 Å². The van der Waals surface area contributed by atoms with E-state index in [1.165, 1.54) is 12.8 Å². The van der Waals surface area contributed by atoms with Crippen LogP contribution in [-0.4, -0.2) is 62.7 Å². The highest BCUT2D eigenvalue weighted by Gasteiger charge is 2.24. The maximum absolute atomic E-state index is 12.4. The van der Waals surface area contributed by atoms with Crippen LogP contribution in [0.4, 0.5) is 0 Å². The molecule has 2 heterocycles. The third kappa shape index (κ3) is 5.18. The fourth-order valence-electron chi connectivity index (χ4n) is 4.61. The maximum Gasteiger partial charge on any atom is 0.222 e. The van der Waals surface area contributed by atoms with E-state index in [4.69, 9.17) is 14.2 Å². The number of methoxy groups -OCH3 is 1. The van der Waals surface area contributed by atoms with Gasteiger partial charge < -0.3 is 24.0 Å². The second kappa shape index (κ2) is 10.3. The number of nitrogens with zero attached hydrogens (tertiary/aromatic N) is 2. The van der Waals surface area contributed by atoms with E-state index in [2.05, 4.69) is 30.1 Å². The Balaban J connectivity index is 1.67. The van der Waals surface area contributed by atoms with Gasteiger partial charge in [0, 0.05) is 31.0 Å². The molecule has 0 aliphatic carbocycles. The molecule has 2 aromatic carbocycles. The van der Waals surface area contributed by atoms with Gasteiger partial charge in [-0.2, -0.15) is 0 Å². The van der Waals surface area contributed by atoms with Crippen molar-refractivity contribution >= 4 is 5.91 Å². The Kier molecular flexibility index (Phi) is 7.20. The fourth-order valence-corrected chi connectivity index (χ4v) is 4.61. The Hall–Kier alpha value is -2.73. The van der Waals surface area contributed by atoms with Gasteiger partial charge >= 0.3 is 0 Å². The quantitative estimate of drug-likeness (QED) is 0.676. The van der Waals surface area contributed by atoms with Gasteiger partial charge in [-0.25, -0.2) is 0 Å². The highest BCUT2D eigenvalue weighted by Crippen LogP contribution is 2.39. The summed E-state index contributed by atoms with van der Waals surface area (Å²) < 4.78 is 18.0. The summed E-state index contributed by atoms with van der Waals surface area (Å²) in [6, 6.07) is 12.2. The number of amides is 1. The molecule has 1 fully saturated rings. The summed E-state index contributed by atoms with van der Waals surface area (Å²) in [5.74, 6) is 2.99. The highest BCUT2D eigenvalue weighted by molar-refractivity contribution is 5.76. The van der Waals surface area contributed by atoms with Crippen molar-refractivity contribution in [1.29, 1.82) is 0 Å². The SMILES string of the molecule is CCC(=O)N1CCOc2c(cc(-c3cccc(OC)c3)cc2OC[C@@H]2CCCN(C)C2)C1. The summed E-state index contributed by atoms with van der Waals surface area (Å²) in [5.41, 5.74) is 3.07. The average molecular weight is 439 g/mol. The first-order valence-electron chi connectivity index (χ1n) is 11.6. The van der Waals surface area contributed by atoms with Crippen LogP contribution in [0.5, 0.6) is 17.2 Å². The average Bonchev–Trinajstić information content (AvgIpc) is 3.04. The van der Waals surface area contributed by atoms with E-state index >= 15 is 0 Å². The molecule has 0 unspecified atom stereocenters. The maximum atomic E-state index is 12.4. The van der Waals surface area contributed by atoms with Crippen molar-refractivity contribution in [2.75, 3.05) is 47.0 Å². The lowest BCUT2D eigenvalue weighted by molar-refractivity contribution is -0.131. The van der Waals surface area contributed by atoms with Crippen molar-refractivity contribution < 1.29 is 19.0 Å². The molecule has 1 amide bonds. The topological polar surface area (TPSA) is 51.2 Å². The Bertz CT molecular complexity index is 945. The van der Waals surface area contributed by atoms with Crippen molar-refractivity contribution in [3.63, 3.8) is 0 Å². The van der Waals surface area contributed by atoms with Crippen LogP contribution in [0.15, 0.2) is 36.4 Å². The van der Waals surface area contributed by atoms with Crippen molar-refractivity contribution in [3.05, 3.63) is 42.0 Å². The normalized spacial score (nSPS) is 19.0. The zero-order valence-electron chi connectivity index (χ0n) is 19.4. The minimum absolute atomic E-state index is 0.140. The lowest BCUT2D eigenvalue weighted by atomic mass is 9.99. The summed E-state index contributed by atoms with van der Waals surface area (Å²) in [7, 11) is 3.85. The van der Waals surface area contributed by atoms with E-state index in [0.717, 1.165) is 47.0 Å². The monoisotopic (exact) mass is 438 g/mol. The molecule has 6 heteroatoms. The first kappa shape index (κ1) is 22.5. The summed E-state index contributed by atoms with van der Waals surface area (Å²) in [6.07, 6.45) is 2.88. The molecule has 1 atom stereocenters. The highest BCUT2D eigenvalue weighted by atomic mass is 16.5. The number of rotatable bonds is 6. The third-order valence-electron chi connectivity index (χ3n) is 6.36. The lowest BCUT2D eigenvalue weighted by Crippen LogP contribution is -2.34. The lowest BCUT2D eigenvalue weighted by Gasteiger charge is -2.29. The fraction of sp³-hybridized carbons (Fsp3) is 0.500. The zero-order chi connectivity index (χ0) is 22.5. The summed E-state index contributed by atoms with van der Waals surface area (Å²) in [4.78, 5) is 16.7. The van der Waals surface area contributed by atoms with E-state index in [1.54, 1.807) is 7.11 Å². The van der Waals surface area contributed by atoms with Crippen LogP contribution in [0.3, 0.4) is 0 Å². The molecule has 6 nitrogen and oxygen atoms in total. The largest absolute Gasteiger partial charge is 0.497 e. The summed E-state index contributed by atoms with van der Waals surface area (Å²) in [5, 5.41) is 0. The standard InChI is InChI=1S/C26H34N2O4/c1-4-25(29)28-11-12-31-26-22(17-28)13-21(20-8-5-9-23(14-20)30-3)15-24(26)32-18-19-7-6-10-27(2)16-19/h5,8-9,13-15,19H,4,6-7,10-12,16-18H2,1-3H3/t19-/m1/s1. The van der Waals surface area contributed by atoms with Crippen molar-refractivity contribution in [2.24, 2.45) is 5.92 Å². The second-order valence-electron chi connectivity index (χ2n) is 8.79. The first-order valence-corrected chi connectivity index (χ1v) is 11.6. The molecule has 0 N–H and O–H groups in total. The number of carbonyl (C=O) groups is 1. The van der Waals surface area contributed by atoms with Gasteiger partial charge in [0.1, 0.15) is 12.4 Å². The second-order valence-corrected chi connectivity index (χ2v) is 8.79. The molecule has 2 aliphatic heterocycles. The van der Waals surface area contributed by atoms with E-state index in [0.29, 0.717) is 38.6 Å². The number of ether oxygens (including phenoxy) is 3. The van der Waals surface area contributed by atoms with Gasteiger partial charge in [-0.3, -0.25) is 4.79 Å². The van der Waals surface area contributed by atoms with Crippen LogP contribution < -0.4 is 14.2 Å². The van der Waals surface area contributed by atoms with E-state index < -0.39 is 0 Å². The third-order valence-corrected chi connectivity index (χ3v) is 6.36. The molecule has 0 radical (unpaired) electrons. The minimum Gasteiger partial charge on any atom is -0.497 e. The molecule has 2 aromatic rings. The molecule has 0 bridgehead atoms. The first-order chi connectivity index (χ1) is 15.6. The van der Waals surface area contributed by atoms with Crippen molar-refractivity contribution in [2.45, 2.75) is 32.7 Å². The van der Waals surface area contributed by atoms with Gasteiger partial charge in [0.05, 0.1) is 20.3 Å². The van der Waals surface area contributed by atoms with Crippen LogP contribution in [-0.2, 0) is 11.3 Å². The molecule has 0 saturated carbocycles. The molecule has 32 heavy (non-hydrogen) atoms. The van der Waals surface area contributed by atoms with E-state index in [9.17, 15) is 4.79 Å². The van der Waals surface area contributed by atoms with Crippen LogP contribution in [0.25, 0.3) is 11.1 Å². The van der Waals surface area contributed by atoms with E-state index in [-0.39, 0.29) is 5.91 Å². The van der Waals surface area contributed by atoms with Gasteiger partial charge in [0.25, 0.3) is 0 Å². The van der Waals surface area contributed by atoms with Gasteiger partial charge in [-0.15, -0.1) is 0 Å². The minimum atomic E-state index is 0.140. The van der Waals surface area contributed by atoms with Crippen LogP contribution in [0.1, 0.15) is 31.7 Å². The number of likely N-dealkylation sites (tertiary alicyclic amines) is 1. The summed E-state index contributed by atoms with van der Waals surface area (Å²) in [6.45, 7) is 6.36. The molecular weight excluding hydrogens is 404 g/mol. The Morgan fingerprint density at radius 3 is 2.84 bits per heavy atom. The molecule has 4 rings (SSSR count). The van der Waals surface area contributed by atoms with Gasteiger partial charge in [0.2, 0.25) is 5.91 Å². The van der Waals surface area contributed by atoms with Gasteiger partial charge in [-0.1, -0.05) is 19.1 Å². The van der Waals surface area contributed by atoms with Crippen LogP contribution >= 0.6 is 0 Å². The molecule has 1 saturated heterocycles. The predicted molar refractivity (Wildman–Crippen MR) is 125 cm³/mol. The zero-order valence-corrected chi connectivity index (χ0v) is 19.4. The molecule has 2 aliphatic rings. The smallest absolute Gasteiger partial charge is 0.222 e. The Morgan fingerprint density at radius 1 is 1.19 bits per heavy atom. The Labute approximate surface area is 191 Å². The van der Waals surface area contributed by atoms with Crippen molar-refractivity contribution in [1.82, 2.24) is 9.80 Å². The predicted octanol–water partition coefficient (Wildman–Crippen LogP) is 4.21. The summed E-state index contributed by atoms with van der Waals surface area (Å²) >= 11 is 0. The van der Waals surface area contributed by atoms with Gasteiger partial charge in [0.15, 0.2) is 11.5 Å². The number of piperidine rings is 1. The number of benzene rings is 2. The Morgan fingerprint density at radius 2 is 2.06 bits per heavy atom. The molecule has 172 valence electrons. The van der Waals surface area contributed by atoms with E-state index in [1.807, 2.05) is 30.0 Å². The van der Waals surface area contributed by atoms with Crippen molar-refractivity contribution in [3.8, 4) is 28.4 Å². The molecule has 0 spiro atoms. The number of hydrogen-bond donors (Lipinski definition) is 0. The van der Waals surface area contributed by atoms with Crippen LogP contribution in [0, 0.1) is 5.92 Å². The molecular formula is C26H34N2O4. The number of hydrogen-bond acceptors (Lipinski definition) is 5. The van der Waals surface area contributed by atoms with Gasteiger partial charge in [-0.05, 0) is 61.8 Å². The molecule has 0 aromatic heterocycles.